The van der Waals surface area contributed by atoms with Crippen LogP contribution in [0.3, 0.4) is 0 Å². The average Bonchev–Trinajstić information content (AvgIpc) is 2.78. The monoisotopic (exact) mass is 417 g/mol. The lowest BCUT2D eigenvalue weighted by molar-refractivity contribution is 0.0963. The SMILES string of the molecule is CCOC(=O)N1CCC(NC(=NC)NCc2ccnc(N3CCN(C)CC3)c2)CC1. The number of hydrogen-bond acceptors (Lipinski definition) is 6. The first-order valence-corrected chi connectivity index (χ1v) is 10.9. The van der Waals surface area contributed by atoms with Crippen LogP contribution in [0.15, 0.2) is 23.3 Å². The lowest BCUT2D eigenvalue weighted by Gasteiger charge is -2.33. The van der Waals surface area contributed by atoms with E-state index in [0.29, 0.717) is 32.3 Å². The van der Waals surface area contributed by atoms with Gasteiger partial charge in [-0.15, -0.1) is 0 Å². The highest BCUT2D eigenvalue weighted by Gasteiger charge is 2.24. The van der Waals surface area contributed by atoms with Gasteiger partial charge in [-0.25, -0.2) is 9.78 Å². The molecular weight excluding hydrogens is 382 g/mol. The van der Waals surface area contributed by atoms with Gasteiger partial charge in [0.25, 0.3) is 0 Å². The van der Waals surface area contributed by atoms with Crippen molar-refractivity contribution in [3.8, 4) is 0 Å². The second-order valence-electron chi connectivity index (χ2n) is 7.84. The number of guanidine groups is 1. The maximum atomic E-state index is 11.8. The van der Waals surface area contributed by atoms with Crippen molar-refractivity contribution in [2.45, 2.75) is 32.4 Å². The van der Waals surface area contributed by atoms with Crippen LogP contribution >= 0.6 is 0 Å². The molecule has 2 aliphatic heterocycles. The number of pyridine rings is 1. The van der Waals surface area contributed by atoms with E-state index in [1.807, 2.05) is 19.2 Å². The third kappa shape index (κ3) is 6.22. The van der Waals surface area contributed by atoms with E-state index in [0.717, 1.165) is 50.8 Å². The summed E-state index contributed by atoms with van der Waals surface area (Å²) >= 11 is 0. The number of anilines is 1. The fourth-order valence-corrected chi connectivity index (χ4v) is 3.77. The van der Waals surface area contributed by atoms with Gasteiger partial charge in [-0.3, -0.25) is 4.99 Å². The van der Waals surface area contributed by atoms with E-state index in [9.17, 15) is 4.79 Å². The number of ether oxygens (including phenoxy) is 1. The molecule has 2 fully saturated rings. The summed E-state index contributed by atoms with van der Waals surface area (Å²) in [7, 11) is 3.94. The summed E-state index contributed by atoms with van der Waals surface area (Å²) in [6, 6.07) is 4.49. The van der Waals surface area contributed by atoms with E-state index in [2.05, 4.69) is 43.5 Å². The largest absolute Gasteiger partial charge is 0.450 e. The highest BCUT2D eigenvalue weighted by molar-refractivity contribution is 5.80. The number of piperazine rings is 1. The molecule has 3 rings (SSSR count). The number of aromatic nitrogens is 1. The van der Waals surface area contributed by atoms with Gasteiger partial charge in [0.1, 0.15) is 5.82 Å². The zero-order chi connectivity index (χ0) is 21.3. The zero-order valence-electron chi connectivity index (χ0n) is 18.4. The summed E-state index contributed by atoms with van der Waals surface area (Å²) in [5.41, 5.74) is 1.18. The number of amides is 1. The van der Waals surface area contributed by atoms with Crippen molar-refractivity contribution in [2.75, 3.05) is 64.9 Å². The molecule has 1 amide bonds. The van der Waals surface area contributed by atoms with Gasteiger partial charge >= 0.3 is 6.09 Å². The van der Waals surface area contributed by atoms with Crippen LogP contribution in [0.25, 0.3) is 0 Å². The highest BCUT2D eigenvalue weighted by atomic mass is 16.6. The fraction of sp³-hybridized carbons (Fsp3) is 0.667. The third-order valence-corrected chi connectivity index (χ3v) is 5.68. The highest BCUT2D eigenvalue weighted by Crippen LogP contribution is 2.15. The molecule has 0 atom stereocenters. The molecule has 3 heterocycles. The number of hydrogen-bond donors (Lipinski definition) is 2. The number of nitrogens with one attached hydrogen (secondary N) is 2. The Bertz CT molecular complexity index is 711. The number of carbonyl (C=O) groups is 1. The van der Waals surface area contributed by atoms with Crippen molar-refractivity contribution in [3.05, 3.63) is 23.9 Å². The number of piperidine rings is 1. The average molecular weight is 418 g/mol. The standard InChI is InChI=1S/C21H35N7O2/c1-4-30-21(29)28-9-6-18(7-10-28)25-20(22-2)24-16-17-5-8-23-19(15-17)27-13-11-26(3)12-14-27/h5,8,15,18H,4,6-7,9-14,16H2,1-3H3,(H2,22,24,25). The van der Waals surface area contributed by atoms with Crippen LogP contribution in [-0.4, -0.2) is 92.8 Å². The van der Waals surface area contributed by atoms with E-state index in [-0.39, 0.29) is 6.09 Å². The molecule has 166 valence electrons. The molecule has 2 aliphatic rings. The quantitative estimate of drug-likeness (QED) is 0.549. The summed E-state index contributed by atoms with van der Waals surface area (Å²) in [5.74, 6) is 1.82. The molecule has 2 saturated heterocycles. The summed E-state index contributed by atoms with van der Waals surface area (Å²) in [4.78, 5) is 27.2. The normalized spacial score (nSPS) is 19.0. The number of likely N-dealkylation sites (N-methyl/N-ethyl adjacent to an activating group) is 1. The lowest BCUT2D eigenvalue weighted by atomic mass is 10.1. The first-order valence-electron chi connectivity index (χ1n) is 10.9. The lowest BCUT2D eigenvalue weighted by Crippen LogP contribution is -2.49. The summed E-state index contributed by atoms with van der Waals surface area (Å²) < 4.78 is 5.08. The van der Waals surface area contributed by atoms with Crippen LogP contribution in [0.5, 0.6) is 0 Å². The van der Waals surface area contributed by atoms with Gasteiger partial charge in [-0.1, -0.05) is 0 Å². The number of likely N-dealkylation sites (tertiary alicyclic amines) is 1. The van der Waals surface area contributed by atoms with Gasteiger partial charge in [0.2, 0.25) is 0 Å². The molecule has 9 heteroatoms. The van der Waals surface area contributed by atoms with E-state index in [4.69, 9.17) is 4.74 Å². The zero-order valence-corrected chi connectivity index (χ0v) is 18.4. The van der Waals surface area contributed by atoms with Crippen LogP contribution in [0.2, 0.25) is 0 Å². The summed E-state index contributed by atoms with van der Waals surface area (Å²) in [6.07, 6.45) is 3.42. The summed E-state index contributed by atoms with van der Waals surface area (Å²) in [5, 5.41) is 6.88. The Morgan fingerprint density at radius 2 is 1.97 bits per heavy atom. The Hall–Kier alpha value is -2.55. The Morgan fingerprint density at radius 1 is 1.23 bits per heavy atom. The smallest absolute Gasteiger partial charge is 0.409 e. The van der Waals surface area contributed by atoms with Crippen LogP contribution in [-0.2, 0) is 11.3 Å². The van der Waals surface area contributed by atoms with Gasteiger partial charge < -0.3 is 30.1 Å². The van der Waals surface area contributed by atoms with Gasteiger partial charge in [0.15, 0.2) is 5.96 Å². The minimum Gasteiger partial charge on any atom is -0.450 e. The Kier molecular flexibility index (Phi) is 8.12. The Balaban J connectivity index is 1.46. The van der Waals surface area contributed by atoms with Crippen molar-refractivity contribution in [1.29, 1.82) is 0 Å². The van der Waals surface area contributed by atoms with E-state index >= 15 is 0 Å². The van der Waals surface area contributed by atoms with Crippen LogP contribution in [0.1, 0.15) is 25.3 Å². The third-order valence-electron chi connectivity index (χ3n) is 5.68. The van der Waals surface area contributed by atoms with E-state index in [1.165, 1.54) is 5.56 Å². The molecule has 0 spiro atoms. The van der Waals surface area contributed by atoms with Crippen molar-refractivity contribution < 1.29 is 9.53 Å². The van der Waals surface area contributed by atoms with Crippen LogP contribution < -0.4 is 15.5 Å². The molecule has 0 aromatic carbocycles. The van der Waals surface area contributed by atoms with Crippen LogP contribution in [0, 0.1) is 0 Å². The van der Waals surface area contributed by atoms with Gasteiger partial charge in [-0.05, 0) is 44.5 Å². The molecular formula is C21H35N7O2. The maximum absolute atomic E-state index is 11.8. The van der Waals surface area contributed by atoms with Crippen molar-refractivity contribution in [3.63, 3.8) is 0 Å². The van der Waals surface area contributed by atoms with Crippen molar-refractivity contribution >= 4 is 17.9 Å². The topological polar surface area (TPSA) is 85.3 Å². The Labute approximate surface area is 179 Å². The van der Waals surface area contributed by atoms with E-state index in [1.54, 1.807) is 11.9 Å². The number of nitrogens with zero attached hydrogens (tertiary/aromatic N) is 5. The minimum atomic E-state index is -0.215. The van der Waals surface area contributed by atoms with Crippen molar-refractivity contribution in [1.82, 2.24) is 25.4 Å². The first-order chi connectivity index (χ1) is 14.6. The predicted molar refractivity (Wildman–Crippen MR) is 119 cm³/mol. The van der Waals surface area contributed by atoms with E-state index < -0.39 is 0 Å². The molecule has 1 aromatic rings. The number of rotatable bonds is 5. The molecule has 0 saturated carbocycles. The second kappa shape index (κ2) is 11.0. The molecule has 1 aromatic heterocycles. The van der Waals surface area contributed by atoms with Gasteiger partial charge in [0.05, 0.1) is 6.61 Å². The first kappa shape index (κ1) is 22.1. The van der Waals surface area contributed by atoms with Crippen LogP contribution in [0.4, 0.5) is 10.6 Å². The molecule has 30 heavy (non-hydrogen) atoms. The molecule has 0 aliphatic carbocycles. The Morgan fingerprint density at radius 3 is 2.63 bits per heavy atom. The predicted octanol–water partition coefficient (Wildman–Crippen LogP) is 1.12. The minimum absolute atomic E-state index is 0.215. The molecule has 0 radical (unpaired) electrons. The van der Waals surface area contributed by atoms with Gasteiger partial charge in [0, 0.05) is 65.1 Å². The number of aliphatic imine (C=N–C) groups is 1. The maximum Gasteiger partial charge on any atom is 0.409 e. The van der Waals surface area contributed by atoms with Gasteiger partial charge in [-0.2, -0.15) is 0 Å². The molecule has 0 bridgehead atoms. The molecule has 2 N–H and O–H groups in total. The second-order valence-corrected chi connectivity index (χ2v) is 7.84. The molecule has 9 nitrogen and oxygen atoms in total. The number of carbonyl (C=O) groups excluding carboxylic acids is 1. The fourth-order valence-electron chi connectivity index (χ4n) is 3.77. The van der Waals surface area contributed by atoms with Crippen molar-refractivity contribution in [2.24, 2.45) is 4.99 Å². The summed E-state index contributed by atoms with van der Waals surface area (Å²) in [6.45, 7) is 8.48. The molecule has 0 unspecified atom stereocenters.